The van der Waals surface area contributed by atoms with Crippen LogP contribution in [0.15, 0.2) is 29.2 Å². The topological polar surface area (TPSA) is 81.8 Å². The van der Waals surface area contributed by atoms with Gasteiger partial charge in [0.05, 0.1) is 10.9 Å². The zero-order chi connectivity index (χ0) is 17.7. The Labute approximate surface area is 144 Å². The first-order valence-electron chi connectivity index (χ1n) is 8.18. The van der Waals surface area contributed by atoms with E-state index in [4.69, 9.17) is 0 Å². The van der Waals surface area contributed by atoms with Crippen molar-refractivity contribution in [3.63, 3.8) is 0 Å². The smallest absolute Gasteiger partial charge is 0.317 e. The molecule has 1 aromatic carbocycles. The molecule has 8 heteroatoms. The number of piperazine rings is 1. The van der Waals surface area contributed by atoms with Gasteiger partial charge in [-0.05, 0) is 38.2 Å². The van der Waals surface area contributed by atoms with E-state index in [1.54, 1.807) is 17.0 Å². The van der Waals surface area contributed by atoms with Crippen molar-refractivity contribution in [1.29, 1.82) is 0 Å². The molecule has 1 aromatic rings. The van der Waals surface area contributed by atoms with Gasteiger partial charge < -0.3 is 15.1 Å². The zero-order valence-corrected chi connectivity index (χ0v) is 15.3. The molecule has 0 bridgehead atoms. The first-order valence-corrected chi connectivity index (χ1v) is 9.67. The highest BCUT2D eigenvalue weighted by molar-refractivity contribution is 7.89. The maximum absolute atomic E-state index is 12.4. The minimum absolute atomic E-state index is 0.111. The second-order valence-electron chi connectivity index (χ2n) is 5.87. The van der Waals surface area contributed by atoms with Gasteiger partial charge in [0.1, 0.15) is 0 Å². The minimum atomic E-state index is -3.49. The van der Waals surface area contributed by atoms with Gasteiger partial charge in [-0.3, -0.25) is 0 Å². The number of nitrogens with one attached hydrogen (secondary N) is 2. The summed E-state index contributed by atoms with van der Waals surface area (Å²) in [5, 5.41) is 2.95. The van der Waals surface area contributed by atoms with Gasteiger partial charge in [-0.15, -0.1) is 0 Å². The molecule has 2 amide bonds. The lowest BCUT2D eigenvalue weighted by Crippen LogP contribution is -2.51. The summed E-state index contributed by atoms with van der Waals surface area (Å²) >= 11 is 0. The second kappa shape index (κ2) is 7.96. The van der Waals surface area contributed by atoms with E-state index >= 15 is 0 Å². The van der Waals surface area contributed by atoms with Crippen molar-refractivity contribution >= 4 is 16.1 Å². The molecule has 134 valence electrons. The monoisotopic (exact) mass is 354 g/mol. The Balaban J connectivity index is 2.01. The van der Waals surface area contributed by atoms with Crippen LogP contribution in [-0.4, -0.2) is 64.0 Å². The van der Waals surface area contributed by atoms with Crippen LogP contribution in [0.4, 0.5) is 4.79 Å². The van der Waals surface area contributed by atoms with E-state index < -0.39 is 10.0 Å². The van der Waals surface area contributed by atoms with Crippen molar-refractivity contribution in [2.24, 2.45) is 0 Å². The summed E-state index contributed by atoms with van der Waals surface area (Å²) in [6.07, 6.45) is 0. The lowest BCUT2D eigenvalue weighted by atomic mass is 10.1. The Morgan fingerprint density at radius 1 is 1.25 bits per heavy atom. The minimum Gasteiger partial charge on any atom is -0.331 e. The third-order valence-corrected chi connectivity index (χ3v) is 5.80. The quantitative estimate of drug-likeness (QED) is 0.827. The number of sulfonamides is 1. The van der Waals surface area contributed by atoms with Crippen LogP contribution in [-0.2, 0) is 10.0 Å². The van der Waals surface area contributed by atoms with Gasteiger partial charge >= 0.3 is 6.03 Å². The van der Waals surface area contributed by atoms with Crippen LogP contribution >= 0.6 is 0 Å². The molecule has 0 aliphatic carbocycles. The molecule has 7 nitrogen and oxygen atoms in total. The van der Waals surface area contributed by atoms with Crippen molar-refractivity contribution < 1.29 is 13.2 Å². The molecule has 1 atom stereocenters. The van der Waals surface area contributed by atoms with Crippen LogP contribution in [0.25, 0.3) is 0 Å². The Bertz CT molecular complexity index is 670. The molecule has 1 saturated heterocycles. The highest BCUT2D eigenvalue weighted by Gasteiger charge is 2.22. The standard InChI is InChI=1S/C16H26N4O3S/c1-4-19-8-10-20(11-9-19)16(21)18-13(2)14-6-5-7-15(12-14)24(22,23)17-3/h5-7,12-13,17H,4,8-11H2,1-3H3,(H,18,21). The van der Waals surface area contributed by atoms with Crippen molar-refractivity contribution in [1.82, 2.24) is 19.8 Å². The molecule has 1 heterocycles. The van der Waals surface area contributed by atoms with Crippen LogP contribution in [0, 0.1) is 0 Å². The molecule has 1 aliphatic rings. The number of rotatable bonds is 5. The molecular weight excluding hydrogens is 328 g/mol. The SMILES string of the molecule is CCN1CCN(C(=O)NC(C)c2cccc(S(=O)(=O)NC)c2)CC1. The number of nitrogens with zero attached hydrogens (tertiary/aromatic N) is 2. The molecule has 0 aromatic heterocycles. The Morgan fingerprint density at radius 3 is 2.50 bits per heavy atom. The van der Waals surface area contributed by atoms with E-state index in [-0.39, 0.29) is 17.0 Å². The summed E-state index contributed by atoms with van der Waals surface area (Å²) in [4.78, 5) is 16.7. The van der Waals surface area contributed by atoms with E-state index in [2.05, 4.69) is 21.9 Å². The highest BCUT2D eigenvalue weighted by Crippen LogP contribution is 2.18. The van der Waals surface area contributed by atoms with Crippen LogP contribution in [0.1, 0.15) is 25.5 Å². The third-order valence-electron chi connectivity index (χ3n) is 4.38. The number of hydrogen-bond acceptors (Lipinski definition) is 4. The van der Waals surface area contributed by atoms with Crippen molar-refractivity contribution in [3.05, 3.63) is 29.8 Å². The lowest BCUT2D eigenvalue weighted by molar-refractivity contribution is 0.141. The van der Waals surface area contributed by atoms with Gasteiger partial charge in [0.25, 0.3) is 0 Å². The average Bonchev–Trinajstić information content (AvgIpc) is 2.61. The fourth-order valence-electron chi connectivity index (χ4n) is 2.70. The molecule has 1 aliphatic heterocycles. The highest BCUT2D eigenvalue weighted by atomic mass is 32.2. The average molecular weight is 354 g/mol. The van der Waals surface area contributed by atoms with E-state index in [1.807, 2.05) is 13.0 Å². The number of urea groups is 1. The first-order chi connectivity index (χ1) is 11.4. The molecule has 0 saturated carbocycles. The van der Waals surface area contributed by atoms with Crippen molar-refractivity contribution in [3.8, 4) is 0 Å². The summed E-state index contributed by atoms with van der Waals surface area (Å²) in [5.74, 6) is 0. The van der Waals surface area contributed by atoms with Crippen molar-refractivity contribution in [2.75, 3.05) is 39.8 Å². The normalized spacial score (nSPS) is 17.5. The number of benzene rings is 1. The summed E-state index contributed by atoms with van der Waals surface area (Å²) < 4.78 is 26.1. The molecule has 2 N–H and O–H groups in total. The van der Waals surface area contributed by atoms with Crippen LogP contribution in [0.2, 0.25) is 0 Å². The van der Waals surface area contributed by atoms with Crippen LogP contribution in [0.3, 0.4) is 0 Å². The van der Waals surface area contributed by atoms with Crippen LogP contribution in [0.5, 0.6) is 0 Å². The number of carbonyl (C=O) groups excluding carboxylic acids is 1. The molecule has 24 heavy (non-hydrogen) atoms. The number of carbonyl (C=O) groups is 1. The van der Waals surface area contributed by atoms with E-state index in [0.29, 0.717) is 13.1 Å². The predicted octanol–water partition coefficient (Wildman–Crippen LogP) is 1.00. The molecule has 1 fully saturated rings. The van der Waals surface area contributed by atoms with Gasteiger partial charge in [-0.25, -0.2) is 17.9 Å². The fourth-order valence-corrected chi connectivity index (χ4v) is 3.48. The zero-order valence-electron chi connectivity index (χ0n) is 14.4. The lowest BCUT2D eigenvalue weighted by Gasteiger charge is -2.34. The number of hydrogen-bond donors (Lipinski definition) is 2. The Kier molecular flexibility index (Phi) is 6.20. The fraction of sp³-hybridized carbons (Fsp3) is 0.562. The Hall–Kier alpha value is -1.64. The molecule has 1 unspecified atom stereocenters. The third kappa shape index (κ3) is 4.46. The van der Waals surface area contributed by atoms with E-state index in [9.17, 15) is 13.2 Å². The van der Waals surface area contributed by atoms with Crippen molar-refractivity contribution in [2.45, 2.75) is 24.8 Å². The van der Waals surface area contributed by atoms with E-state index in [1.165, 1.54) is 13.1 Å². The van der Waals surface area contributed by atoms with Crippen LogP contribution < -0.4 is 10.0 Å². The number of likely N-dealkylation sites (N-methyl/N-ethyl adjacent to an activating group) is 1. The van der Waals surface area contributed by atoms with Gasteiger partial charge in [0, 0.05) is 26.2 Å². The largest absolute Gasteiger partial charge is 0.331 e. The summed E-state index contributed by atoms with van der Waals surface area (Å²) in [5.41, 5.74) is 0.756. The van der Waals surface area contributed by atoms with Gasteiger partial charge in [0.2, 0.25) is 10.0 Å². The molecule has 0 spiro atoms. The summed E-state index contributed by atoms with van der Waals surface area (Å²) in [6, 6.07) is 6.24. The maximum atomic E-state index is 12.4. The maximum Gasteiger partial charge on any atom is 0.317 e. The van der Waals surface area contributed by atoms with Gasteiger partial charge in [-0.2, -0.15) is 0 Å². The van der Waals surface area contributed by atoms with Gasteiger partial charge in [-0.1, -0.05) is 19.1 Å². The summed E-state index contributed by atoms with van der Waals surface area (Å²) in [6.45, 7) is 8.15. The Morgan fingerprint density at radius 2 is 1.92 bits per heavy atom. The molecular formula is C16H26N4O3S. The predicted molar refractivity (Wildman–Crippen MR) is 93.3 cm³/mol. The van der Waals surface area contributed by atoms with E-state index in [0.717, 1.165) is 25.2 Å². The van der Waals surface area contributed by atoms with Gasteiger partial charge in [0.15, 0.2) is 0 Å². The number of amides is 2. The molecule has 2 rings (SSSR count). The second-order valence-corrected chi connectivity index (χ2v) is 7.76. The first kappa shape index (κ1) is 18.7. The molecule has 0 radical (unpaired) electrons. The summed E-state index contributed by atoms with van der Waals surface area (Å²) in [7, 11) is -2.11.